The van der Waals surface area contributed by atoms with Crippen LogP contribution < -0.4 is 10.4 Å². The molecule has 0 heterocycles. The highest BCUT2D eigenvalue weighted by molar-refractivity contribution is 6.02. The van der Waals surface area contributed by atoms with E-state index >= 15 is 0 Å². The van der Waals surface area contributed by atoms with Crippen molar-refractivity contribution in [2.75, 3.05) is 0 Å². The number of hydrogen-bond acceptors (Lipinski definition) is 1. The molecule has 0 radical (unpaired) electrons. The van der Waals surface area contributed by atoms with Crippen LogP contribution in [-0.4, -0.2) is 5.78 Å². The van der Waals surface area contributed by atoms with E-state index in [1.54, 1.807) is 6.08 Å². The van der Waals surface area contributed by atoms with Crippen LogP contribution in [0.15, 0.2) is 54.6 Å². The normalized spacial score (nSPS) is 17.0. The molecule has 0 amide bonds. The van der Waals surface area contributed by atoms with Gasteiger partial charge in [0.2, 0.25) is 0 Å². The van der Waals surface area contributed by atoms with E-state index in [4.69, 9.17) is 0 Å². The van der Waals surface area contributed by atoms with Gasteiger partial charge in [0.05, 0.1) is 5.56 Å². The topological polar surface area (TPSA) is 17.1 Å². The second-order valence-corrected chi connectivity index (χ2v) is 8.03. The fraction of sp³-hybridized carbons (Fsp3) is 0.192. The van der Waals surface area contributed by atoms with Gasteiger partial charge in [0.1, 0.15) is 5.82 Å². The number of halogens is 4. The van der Waals surface area contributed by atoms with Crippen LogP contribution in [0.5, 0.6) is 0 Å². The van der Waals surface area contributed by atoms with Crippen molar-refractivity contribution in [2.45, 2.75) is 25.4 Å². The van der Waals surface area contributed by atoms with E-state index in [0.717, 1.165) is 39.6 Å². The highest BCUT2D eigenvalue weighted by Crippen LogP contribution is 2.34. The van der Waals surface area contributed by atoms with Gasteiger partial charge in [-0.15, -0.1) is 0 Å². The van der Waals surface area contributed by atoms with E-state index < -0.39 is 34.8 Å². The first-order valence-electron chi connectivity index (χ1n) is 10.2. The maximum atomic E-state index is 13.7. The molecule has 1 unspecified atom stereocenters. The predicted molar refractivity (Wildman–Crippen MR) is 111 cm³/mol. The molecule has 0 spiro atoms. The van der Waals surface area contributed by atoms with Crippen molar-refractivity contribution in [1.29, 1.82) is 0 Å². The lowest BCUT2D eigenvalue weighted by molar-refractivity contribution is -0.138. The molecule has 31 heavy (non-hydrogen) atoms. The molecule has 1 atom stereocenters. The number of benzene rings is 3. The fourth-order valence-electron chi connectivity index (χ4n) is 4.69. The summed E-state index contributed by atoms with van der Waals surface area (Å²) in [6.45, 7) is 0. The number of alkyl halides is 3. The molecule has 0 bridgehead atoms. The lowest BCUT2D eigenvalue weighted by atomic mass is 9.81. The molecule has 0 saturated heterocycles. The smallest absolute Gasteiger partial charge is 0.294 e. The monoisotopic (exact) mass is 422 g/mol. The van der Waals surface area contributed by atoms with E-state index in [2.05, 4.69) is 24.3 Å². The number of Topliss-reactive ketones (excluding diaryl/α,β-unsaturated/α-hetero) is 1. The van der Waals surface area contributed by atoms with Gasteiger partial charge in [-0.1, -0.05) is 48.6 Å². The average molecular weight is 422 g/mol. The Morgan fingerprint density at radius 3 is 2.52 bits per heavy atom. The number of ketones is 1. The molecule has 0 aliphatic heterocycles. The third-order valence-electron chi connectivity index (χ3n) is 6.19. The number of carbonyl (C=O) groups is 1. The van der Waals surface area contributed by atoms with Crippen molar-refractivity contribution in [3.8, 4) is 11.1 Å². The lowest BCUT2D eigenvalue weighted by Gasteiger charge is -2.22. The maximum absolute atomic E-state index is 13.7. The van der Waals surface area contributed by atoms with E-state index in [-0.39, 0.29) is 0 Å². The quantitative estimate of drug-likeness (QED) is 0.416. The van der Waals surface area contributed by atoms with Crippen molar-refractivity contribution in [3.05, 3.63) is 93.1 Å². The number of hydrogen-bond donors (Lipinski definition) is 0. The average Bonchev–Trinajstić information content (AvgIpc) is 2.76. The standard InChI is InChI=1S/C26H18F4O/c27-18-9-12-24(26(28,29)30)23(14-18)25(31)17-6-5-16-8-10-20-19-4-2-1-3-15(19)7-11-21(20)22(16)13-17/h1-4,8-14,17H,5-7H2. The number of carbonyl (C=O) groups excluding carboxylic acids is 1. The van der Waals surface area contributed by atoms with Crippen LogP contribution in [0.3, 0.4) is 0 Å². The zero-order valence-corrected chi connectivity index (χ0v) is 16.5. The van der Waals surface area contributed by atoms with Gasteiger partial charge in [-0.3, -0.25) is 4.79 Å². The van der Waals surface area contributed by atoms with Gasteiger partial charge in [0.25, 0.3) is 0 Å². The summed E-state index contributed by atoms with van der Waals surface area (Å²) in [4.78, 5) is 13.1. The molecule has 156 valence electrons. The number of aryl methyl sites for hydroxylation is 1. The minimum absolute atomic E-state index is 0.398. The molecule has 0 N–H and O–H groups in total. The minimum atomic E-state index is -4.72. The highest BCUT2D eigenvalue weighted by atomic mass is 19.4. The minimum Gasteiger partial charge on any atom is -0.294 e. The van der Waals surface area contributed by atoms with Crippen LogP contribution in [0.1, 0.15) is 33.5 Å². The Kier molecular flexibility index (Phi) is 4.58. The molecule has 5 heteroatoms. The Hall–Kier alpha value is -3.21. The van der Waals surface area contributed by atoms with Gasteiger partial charge in [-0.25, -0.2) is 4.39 Å². The molecular formula is C26H18F4O. The van der Waals surface area contributed by atoms with Crippen molar-refractivity contribution < 1.29 is 22.4 Å². The van der Waals surface area contributed by atoms with Gasteiger partial charge in [-0.05, 0) is 70.2 Å². The molecule has 0 aromatic heterocycles. The number of rotatable bonds is 2. The molecule has 3 aromatic rings. The van der Waals surface area contributed by atoms with E-state index in [9.17, 15) is 22.4 Å². The van der Waals surface area contributed by atoms with Gasteiger partial charge >= 0.3 is 6.18 Å². The summed E-state index contributed by atoms with van der Waals surface area (Å²) in [5.41, 5.74) is 2.80. The lowest BCUT2D eigenvalue weighted by Crippen LogP contribution is -2.37. The molecule has 5 rings (SSSR count). The van der Waals surface area contributed by atoms with E-state index in [1.807, 2.05) is 18.2 Å². The SMILES string of the molecule is O=C(c1cc(F)ccc1C(F)(F)F)C1C=c2c(ccc3c2=CCc2ccccc2-3)CC1. The van der Waals surface area contributed by atoms with Crippen molar-refractivity contribution >= 4 is 17.9 Å². The summed E-state index contributed by atoms with van der Waals surface area (Å²) in [5, 5.41) is 1.92. The molecule has 0 saturated carbocycles. The van der Waals surface area contributed by atoms with Crippen LogP contribution >= 0.6 is 0 Å². The fourth-order valence-corrected chi connectivity index (χ4v) is 4.69. The molecular weight excluding hydrogens is 404 g/mol. The first-order chi connectivity index (χ1) is 14.8. The second kappa shape index (κ2) is 7.19. The van der Waals surface area contributed by atoms with Crippen molar-refractivity contribution in [1.82, 2.24) is 0 Å². The zero-order valence-electron chi connectivity index (χ0n) is 16.5. The highest BCUT2D eigenvalue weighted by Gasteiger charge is 2.37. The van der Waals surface area contributed by atoms with Crippen LogP contribution in [0.25, 0.3) is 23.3 Å². The summed E-state index contributed by atoms with van der Waals surface area (Å²) in [6, 6.07) is 14.3. The largest absolute Gasteiger partial charge is 0.417 e. The molecule has 1 nitrogen and oxygen atoms in total. The maximum Gasteiger partial charge on any atom is 0.417 e. The van der Waals surface area contributed by atoms with Gasteiger partial charge in [-0.2, -0.15) is 13.2 Å². The van der Waals surface area contributed by atoms with Crippen molar-refractivity contribution in [2.24, 2.45) is 5.92 Å². The van der Waals surface area contributed by atoms with Crippen LogP contribution in [0, 0.1) is 11.7 Å². The summed E-state index contributed by atoms with van der Waals surface area (Å²) in [6.07, 6.45) is 0.908. The van der Waals surface area contributed by atoms with E-state index in [1.165, 1.54) is 5.56 Å². The zero-order chi connectivity index (χ0) is 21.8. The summed E-state index contributed by atoms with van der Waals surface area (Å²) >= 11 is 0. The second-order valence-electron chi connectivity index (χ2n) is 8.03. The Bertz CT molecular complexity index is 1330. The Balaban J connectivity index is 1.63. The third kappa shape index (κ3) is 3.38. The summed E-state index contributed by atoms with van der Waals surface area (Å²) in [7, 11) is 0. The molecule has 2 aliphatic carbocycles. The molecule has 2 aliphatic rings. The first kappa shape index (κ1) is 19.7. The Labute approximate surface area is 176 Å². The van der Waals surface area contributed by atoms with E-state index in [0.29, 0.717) is 25.0 Å². The first-order valence-corrected chi connectivity index (χ1v) is 10.2. The van der Waals surface area contributed by atoms with Crippen molar-refractivity contribution in [3.63, 3.8) is 0 Å². The van der Waals surface area contributed by atoms with Gasteiger partial charge < -0.3 is 0 Å². The van der Waals surface area contributed by atoms with Gasteiger partial charge in [0, 0.05) is 11.5 Å². The Morgan fingerprint density at radius 1 is 0.903 bits per heavy atom. The predicted octanol–water partition coefficient (Wildman–Crippen LogP) is 5.07. The van der Waals surface area contributed by atoms with Crippen LogP contribution in [0.4, 0.5) is 17.6 Å². The molecule has 3 aromatic carbocycles. The van der Waals surface area contributed by atoms with Gasteiger partial charge in [0.15, 0.2) is 5.78 Å². The number of fused-ring (bicyclic) bond motifs is 5. The third-order valence-corrected chi connectivity index (χ3v) is 6.19. The summed E-state index contributed by atoms with van der Waals surface area (Å²) in [5.74, 6) is -2.27. The Morgan fingerprint density at radius 2 is 1.71 bits per heavy atom. The van der Waals surface area contributed by atoms with Crippen LogP contribution in [-0.2, 0) is 19.0 Å². The summed E-state index contributed by atoms with van der Waals surface area (Å²) < 4.78 is 54.0. The molecule has 0 fully saturated rings. The van der Waals surface area contributed by atoms with Crippen LogP contribution in [0.2, 0.25) is 0 Å².